The fraction of sp³-hybridized carbons (Fsp3) is 0.136. The van der Waals surface area contributed by atoms with Gasteiger partial charge in [0.05, 0.1) is 5.56 Å². The first-order valence-electron chi connectivity index (χ1n) is 8.89. The maximum atomic E-state index is 13.6. The van der Waals surface area contributed by atoms with Crippen LogP contribution in [0.1, 0.15) is 21.5 Å². The molecule has 0 bridgehead atoms. The van der Waals surface area contributed by atoms with E-state index in [9.17, 15) is 14.0 Å². The van der Waals surface area contributed by atoms with E-state index in [1.54, 1.807) is 36.5 Å². The number of benzene rings is 2. The topological polar surface area (TPSA) is 68.3 Å². The highest BCUT2D eigenvalue weighted by atomic mass is 32.2. The Morgan fingerprint density at radius 2 is 1.83 bits per heavy atom. The van der Waals surface area contributed by atoms with Gasteiger partial charge in [-0.05, 0) is 37.3 Å². The molecule has 1 amide bonds. The second-order valence-corrected chi connectivity index (χ2v) is 7.28. The van der Waals surface area contributed by atoms with Crippen LogP contribution in [0.25, 0.3) is 0 Å². The monoisotopic (exact) mass is 410 g/mol. The molecule has 3 aromatic rings. The number of aryl methyl sites for hydroxylation is 1. The maximum absolute atomic E-state index is 13.6. The van der Waals surface area contributed by atoms with Crippen molar-refractivity contribution in [3.63, 3.8) is 0 Å². The van der Waals surface area contributed by atoms with Gasteiger partial charge in [0.2, 0.25) is 0 Å². The van der Waals surface area contributed by atoms with E-state index in [1.807, 2.05) is 31.2 Å². The van der Waals surface area contributed by atoms with Gasteiger partial charge in [-0.15, -0.1) is 0 Å². The van der Waals surface area contributed by atoms with E-state index >= 15 is 0 Å². The van der Waals surface area contributed by atoms with E-state index in [-0.39, 0.29) is 12.1 Å². The molecule has 7 heteroatoms. The summed E-state index contributed by atoms with van der Waals surface area (Å²) < 4.78 is 18.7. The Labute approximate surface area is 172 Å². The average molecular weight is 410 g/mol. The van der Waals surface area contributed by atoms with E-state index in [1.165, 1.54) is 17.8 Å². The van der Waals surface area contributed by atoms with Crippen molar-refractivity contribution in [1.29, 1.82) is 0 Å². The number of rotatable bonds is 7. The third-order valence-corrected chi connectivity index (χ3v) is 5.02. The number of pyridine rings is 1. The van der Waals surface area contributed by atoms with Crippen molar-refractivity contribution in [2.45, 2.75) is 23.4 Å². The predicted molar refractivity (Wildman–Crippen MR) is 108 cm³/mol. The second kappa shape index (κ2) is 9.84. The van der Waals surface area contributed by atoms with Gasteiger partial charge in [-0.1, -0.05) is 47.7 Å². The Kier molecular flexibility index (Phi) is 6.97. The molecular weight excluding hydrogens is 391 g/mol. The molecule has 0 aliphatic rings. The largest absolute Gasteiger partial charge is 0.452 e. The van der Waals surface area contributed by atoms with Crippen molar-refractivity contribution in [3.05, 3.63) is 89.4 Å². The lowest BCUT2D eigenvalue weighted by Gasteiger charge is -2.09. The van der Waals surface area contributed by atoms with Gasteiger partial charge in [0, 0.05) is 23.2 Å². The molecule has 29 heavy (non-hydrogen) atoms. The second-order valence-electron chi connectivity index (χ2n) is 6.22. The highest BCUT2D eigenvalue weighted by Crippen LogP contribution is 2.29. The molecule has 0 unspecified atom stereocenters. The Morgan fingerprint density at radius 1 is 1.07 bits per heavy atom. The molecule has 0 aliphatic carbocycles. The molecule has 0 atom stereocenters. The van der Waals surface area contributed by atoms with E-state index < -0.39 is 24.3 Å². The number of aromatic nitrogens is 1. The lowest BCUT2D eigenvalue weighted by Crippen LogP contribution is -2.28. The molecule has 1 N–H and O–H groups in total. The van der Waals surface area contributed by atoms with E-state index in [0.29, 0.717) is 10.6 Å². The summed E-state index contributed by atoms with van der Waals surface area (Å²) in [6.45, 7) is 1.55. The fourth-order valence-electron chi connectivity index (χ4n) is 2.44. The van der Waals surface area contributed by atoms with Crippen LogP contribution < -0.4 is 5.32 Å². The van der Waals surface area contributed by atoms with Crippen LogP contribution >= 0.6 is 11.8 Å². The van der Waals surface area contributed by atoms with Crippen molar-refractivity contribution in [2.24, 2.45) is 0 Å². The minimum absolute atomic E-state index is 0.0183. The van der Waals surface area contributed by atoms with Crippen LogP contribution in [0.5, 0.6) is 0 Å². The van der Waals surface area contributed by atoms with Crippen LogP contribution in [-0.2, 0) is 16.1 Å². The number of carbonyl (C=O) groups excluding carboxylic acids is 2. The highest BCUT2D eigenvalue weighted by molar-refractivity contribution is 7.99. The molecule has 1 aromatic heterocycles. The van der Waals surface area contributed by atoms with Gasteiger partial charge < -0.3 is 10.1 Å². The summed E-state index contributed by atoms with van der Waals surface area (Å²) in [5, 5.41) is 3.02. The van der Waals surface area contributed by atoms with Crippen molar-refractivity contribution in [1.82, 2.24) is 10.3 Å². The first kappa shape index (κ1) is 20.5. The number of ether oxygens (including phenoxy) is 1. The summed E-state index contributed by atoms with van der Waals surface area (Å²) in [6.07, 6.45) is 1.59. The summed E-state index contributed by atoms with van der Waals surface area (Å²) in [5.41, 5.74) is 1.77. The molecule has 0 spiro atoms. The highest BCUT2D eigenvalue weighted by Gasteiger charge is 2.16. The standard InChI is InChI=1S/C22H19FN2O3S/c1-15-8-10-17(11-9-15)29-21-18(6-4-12-24-21)22(27)28-14-20(26)25-13-16-5-2-3-7-19(16)23/h2-12H,13-14H2,1H3,(H,25,26). The molecule has 0 saturated heterocycles. The number of amides is 1. The van der Waals surface area contributed by atoms with Crippen molar-refractivity contribution in [3.8, 4) is 0 Å². The summed E-state index contributed by atoms with van der Waals surface area (Å²) in [7, 11) is 0. The number of hydrogen-bond donors (Lipinski definition) is 1. The van der Waals surface area contributed by atoms with E-state index in [4.69, 9.17) is 4.74 Å². The molecule has 0 aliphatic heterocycles. The van der Waals surface area contributed by atoms with Crippen LogP contribution in [-0.4, -0.2) is 23.5 Å². The molecule has 1 heterocycles. The smallest absolute Gasteiger partial charge is 0.341 e. The minimum atomic E-state index is -0.645. The molecule has 5 nitrogen and oxygen atoms in total. The number of carbonyl (C=O) groups is 2. The summed E-state index contributed by atoms with van der Waals surface area (Å²) in [4.78, 5) is 29.6. The quantitative estimate of drug-likeness (QED) is 0.593. The van der Waals surface area contributed by atoms with E-state index in [0.717, 1.165) is 10.5 Å². The fourth-order valence-corrected chi connectivity index (χ4v) is 3.31. The lowest BCUT2D eigenvalue weighted by atomic mass is 10.2. The molecule has 0 saturated carbocycles. The third-order valence-electron chi connectivity index (χ3n) is 3.99. The van der Waals surface area contributed by atoms with Gasteiger partial charge in [0.1, 0.15) is 10.8 Å². The minimum Gasteiger partial charge on any atom is -0.452 e. The SMILES string of the molecule is Cc1ccc(Sc2ncccc2C(=O)OCC(=O)NCc2ccccc2F)cc1. The molecule has 0 fully saturated rings. The predicted octanol–water partition coefficient (Wildman–Crippen LogP) is 4.15. The van der Waals surface area contributed by atoms with Gasteiger partial charge in [0.25, 0.3) is 5.91 Å². The Balaban J connectivity index is 1.57. The first-order valence-corrected chi connectivity index (χ1v) is 9.71. The number of esters is 1. The van der Waals surface area contributed by atoms with Crippen LogP contribution in [0, 0.1) is 12.7 Å². The van der Waals surface area contributed by atoms with Crippen LogP contribution in [0.2, 0.25) is 0 Å². The molecule has 0 radical (unpaired) electrons. The lowest BCUT2D eigenvalue weighted by molar-refractivity contribution is -0.124. The van der Waals surface area contributed by atoms with Crippen LogP contribution in [0.4, 0.5) is 4.39 Å². The van der Waals surface area contributed by atoms with Crippen molar-refractivity contribution in [2.75, 3.05) is 6.61 Å². The van der Waals surface area contributed by atoms with Gasteiger partial charge in [-0.3, -0.25) is 4.79 Å². The maximum Gasteiger partial charge on any atom is 0.341 e. The van der Waals surface area contributed by atoms with Gasteiger partial charge in [-0.2, -0.15) is 0 Å². The third kappa shape index (κ3) is 5.89. The zero-order valence-corrected chi connectivity index (χ0v) is 16.5. The average Bonchev–Trinajstić information content (AvgIpc) is 2.73. The van der Waals surface area contributed by atoms with Crippen LogP contribution in [0.3, 0.4) is 0 Å². The molecular formula is C22H19FN2O3S. The summed E-state index contributed by atoms with van der Waals surface area (Å²) in [5.74, 6) is -1.56. The number of halogens is 1. The zero-order chi connectivity index (χ0) is 20.6. The number of nitrogens with zero attached hydrogens (tertiary/aromatic N) is 1. The van der Waals surface area contributed by atoms with Gasteiger partial charge in [-0.25, -0.2) is 14.2 Å². The van der Waals surface area contributed by atoms with Gasteiger partial charge >= 0.3 is 5.97 Å². The zero-order valence-electron chi connectivity index (χ0n) is 15.7. The molecule has 2 aromatic carbocycles. The van der Waals surface area contributed by atoms with Crippen LogP contribution in [0.15, 0.2) is 76.8 Å². The normalized spacial score (nSPS) is 10.4. The summed E-state index contributed by atoms with van der Waals surface area (Å²) in [6, 6.07) is 17.2. The Hall–Kier alpha value is -3.19. The Morgan fingerprint density at radius 3 is 2.59 bits per heavy atom. The number of hydrogen-bond acceptors (Lipinski definition) is 5. The first-order chi connectivity index (χ1) is 14.0. The number of nitrogens with one attached hydrogen (secondary N) is 1. The van der Waals surface area contributed by atoms with Crippen molar-refractivity contribution < 1.29 is 18.7 Å². The Bertz CT molecular complexity index is 1010. The van der Waals surface area contributed by atoms with Gasteiger partial charge in [0.15, 0.2) is 6.61 Å². The summed E-state index contributed by atoms with van der Waals surface area (Å²) >= 11 is 1.34. The molecule has 3 rings (SSSR count). The molecule has 148 valence electrons. The van der Waals surface area contributed by atoms with Crippen molar-refractivity contribution >= 4 is 23.6 Å². The van der Waals surface area contributed by atoms with E-state index in [2.05, 4.69) is 10.3 Å².